The predicted molar refractivity (Wildman–Crippen MR) is 96.0 cm³/mol. The summed E-state index contributed by atoms with van der Waals surface area (Å²) in [5, 5.41) is 7.31. The van der Waals surface area contributed by atoms with Gasteiger partial charge in [0.05, 0.1) is 11.4 Å². The summed E-state index contributed by atoms with van der Waals surface area (Å²) in [6.45, 7) is 5.65. The molecule has 0 saturated carbocycles. The van der Waals surface area contributed by atoms with E-state index in [4.69, 9.17) is 5.73 Å². The fraction of sp³-hybridized carbons (Fsp3) is 0.353. The number of primary amides is 1. The van der Waals surface area contributed by atoms with Gasteiger partial charge in [-0.2, -0.15) is 5.10 Å². The molecular formula is C17H22N4O2S. The Kier molecular flexibility index (Phi) is 6.03. The molecular weight excluding hydrogens is 324 g/mol. The molecule has 0 radical (unpaired) electrons. The van der Waals surface area contributed by atoms with Gasteiger partial charge in [-0.1, -0.05) is 12.1 Å². The Bertz CT molecular complexity index is 742. The van der Waals surface area contributed by atoms with Crippen LogP contribution >= 0.6 is 11.8 Å². The molecule has 2 aromatic rings. The minimum atomic E-state index is -0.414. The first-order valence-electron chi connectivity index (χ1n) is 7.72. The summed E-state index contributed by atoms with van der Waals surface area (Å²) in [6, 6.07) is 9.04. The van der Waals surface area contributed by atoms with Crippen molar-refractivity contribution in [2.45, 2.75) is 38.1 Å². The first kappa shape index (κ1) is 18.1. The second-order valence-corrected chi connectivity index (χ2v) is 6.73. The fourth-order valence-electron chi connectivity index (χ4n) is 2.34. The van der Waals surface area contributed by atoms with Crippen molar-refractivity contribution < 1.29 is 9.59 Å². The van der Waals surface area contributed by atoms with Crippen LogP contribution in [0.5, 0.6) is 0 Å². The number of amides is 2. The molecule has 24 heavy (non-hydrogen) atoms. The maximum atomic E-state index is 12.6. The lowest BCUT2D eigenvalue weighted by molar-refractivity contribution is -0.119. The van der Waals surface area contributed by atoms with Gasteiger partial charge in [-0.25, -0.2) is 0 Å². The van der Waals surface area contributed by atoms with E-state index in [0.717, 1.165) is 22.0 Å². The predicted octanol–water partition coefficient (Wildman–Crippen LogP) is 2.67. The Hall–Kier alpha value is -2.28. The number of hydrogen-bond acceptors (Lipinski definition) is 4. The minimum absolute atomic E-state index is 0.135. The molecule has 3 N–H and O–H groups in total. The molecule has 0 aliphatic heterocycles. The van der Waals surface area contributed by atoms with Gasteiger partial charge in [0.15, 0.2) is 0 Å². The largest absolute Gasteiger partial charge is 0.370 e. The number of aromatic nitrogens is 2. The summed E-state index contributed by atoms with van der Waals surface area (Å²) in [5.41, 5.74) is 7.72. The second-order valence-electron chi connectivity index (χ2n) is 5.60. The molecule has 0 aliphatic carbocycles. The molecule has 6 nitrogen and oxygen atoms in total. The van der Waals surface area contributed by atoms with E-state index >= 15 is 0 Å². The van der Waals surface area contributed by atoms with Crippen LogP contribution in [0, 0.1) is 13.8 Å². The standard InChI is InChI=1S/C17H22N4O2S/c1-11-10-12(2)21(20-11)13(3)17(23)19-14-6-4-5-7-15(14)24-9-8-16(18)22/h4-7,10,13H,8-9H2,1-3H3,(H2,18,22)(H,19,23)/t13-/m1/s1. The van der Waals surface area contributed by atoms with E-state index < -0.39 is 6.04 Å². The number of carbonyl (C=O) groups excluding carboxylic acids is 2. The lowest BCUT2D eigenvalue weighted by Gasteiger charge is -2.16. The first-order chi connectivity index (χ1) is 11.4. The van der Waals surface area contributed by atoms with Crippen LogP contribution in [0.4, 0.5) is 5.69 Å². The molecule has 2 rings (SSSR count). The van der Waals surface area contributed by atoms with Gasteiger partial charge in [-0.3, -0.25) is 14.3 Å². The van der Waals surface area contributed by atoms with E-state index in [-0.39, 0.29) is 11.8 Å². The maximum Gasteiger partial charge on any atom is 0.248 e. The number of aryl methyl sites for hydroxylation is 2. The summed E-state index contributed by atoms with van der Waals surface area (Å²) in [7, 11) is 0. The molecule has 1 atom stereocenters. The number of nitrogens with two attached hydrogens (primary N) is 1. The minimum Gasteiger partial charge on any atom is -0.370 e. The number of benzene rings is 1. The van der Waals surface area contributed by atoms with Crippen LogP contribution < -0.4 is 11.1 Å². The van der Waals surface area contributed by atoms with Gasteiger partial charge in [-0.05, 0) is 39.0 Å². The van der Waals surface area contributed by atoms with E-state index in [1.165, 1.54) is 11.8 Å². The van der Waals surface area contributed by atoms with E-state index in [0.29, 0.717) is 12.2 Å². The third-order valence-electron chi connectivity index (χ3n) is 3.54. The molecule has 7 heteroatoms. The van der Waals surface area contributed by atoms with Gasteiger partial charge in [0, 0.05) is 22.8 Å². The zero-order valence-corrected chi connectivity index (χ0v) is 14.9. The third kappa shape index (κ3) is 4.61. The molecule has 0 saturated heterocycles. The van der Waals surface area contributed by atoms with E-state index in [9.17, 15) is 9.59 Å². The lowest BCUT2D eigenvalue weighted by Crippen LogP contribution is -2.25. The molecule has 1 aromatic heterocycles. The third-order valence-corrected chi connectivity index (χ3v) is 4.62. The number of hydrogen-bond donors (Lipinski definition) is 2. The van der Waals surface area contributed by atoms with Crippen LogP contribution in [0.25, 0.3) is 0 Å². The van der Waals surface area contributed by atoms with Crippen molar-refractivity contribution in [3.8, 4) is 0 Å². The molecule has 0 aliphatic rings. The van der Waals surface area contributed by atoms with Gasteiger partial charge in [0.1, 0.15) is 6.04 Å². The second kappa shape index (κ2) is 8.01. The zero-order valence-electron chi connectivity index (χ0n) is 14.1. The molecule has 0 spiro atoms. The van der Waals surface area contributed by atoms with Crippen LogP contribution in [0.1, 0.15) is 30.8 Å². The van der Waals surface area contributed by atoms with E-state index in [2.05, 4.69) is 10.4 Å². The van der Waals surface area contributed by atoms with Gasteiger partial charge in [0.2, 0.25) is 11.8 Å². The Morgan fingerprint density at radius 3 is 2.67 bits per heavy atom. The summed E-state index contributed by atoms with van der Waals surface area (Å²) in [5.74, 6) is 0.112. The molecule has 0 unspecified atom stereocenters. The van der Waals surface area contributed by atoms with Crippen LogP contribution in [0.2, 0.25) is 0 Å². The number of carbonyl (C=O) groups is 2. The van der Waals surface area contributed by atoms with Gasteiger partial charge < -0.3 is 11.1 Å². The average Bonchev–Trinajstić information content (AvgIpc) is 2.86. The SMILES string of the molecule is Cc1cc(C)n([C@H](C)C(=O)Nc2ccccc2SCCC(N)=O)n1. The molecule has 0 fully saturated rings. The van der Waals surface area contributed by atoms with Crippen molar-refractivity contribution in [3.05, 3.63) is 41.7 Å². The molecule has 2 amide bonds. The quantitative estimate of drug-likeness (QED) is 0.754. The van der Waals surface area contributed by atoms with Crippen molar-refractivity contribution >= 4 is 29.3 Å². The monoisotopic (exact) mass is 346 g/mol. The summed E-state index contributed by atoms with van der Waals surface area (Å²) < 4.78 is 1.72. The Balaban J connectivity index is 2.08. The molecule has 1 aromatic carbocycles. The zero-order chi connectivity index (χ0) is 17.7. The fourth-order valence-corrected chi connectivity index (χ4v) is 3.32. The highest BCUT2D eigenvalue weighted by Crippen LogP contribution is 2.28. The van der Waals surface area contributed by atoms with Crippen molar-refractivity contribution in [2.24, 2.45) is 5.73 Å². The summed E-state index contributed by atoms with van der Waals surface area (Å²) in [4.78, 5) is 24.3. The van der Waals surface area contributed by atoms with Gasteiger partial charge in [0.25, 0.3) is 0 Å². The van der Waals surface area contributed by atoms with Crippen LogP contribution in [-0.4, -0.2) is 27.3 Å². The Morgan fingerprint density at radius 2 is 2.04 bits per heavy atom. The maximum absolute atomic E-state index is 12.6. The van der Waals surface area contributed by atoms with Crippen LogP contribution in [-0.2, 0) is 9.59 Å². The highest BCUT2D eigenvalue weighted by Gasteiger charge is 2.19. The molecule has 1 heterocycles. The first-order valence-corrected chi connectivity index (χ1v) is 8.71. The summed E-state index contributed by atoms with van der Waals surface area (Å²) in [6.07, 6.45) is 0.301. The Morgan fingerprint density at radius 1 is 1.33 bits per heavy atom. The van der Waals surface area contributed by atoms with Crippen molar-refractivity contribution in [1.82, 2.24) is 9.78 Å². The number of anilines is 1. The van der Waals surface area contributed by atoms with Crippen molar-refractivity contribution in [3.63, 3.8) is 0 Å². The van der Waals surface area contributed by atoms with Crippen LogP contribution in [0.3, 0.4) is 0 Å². The number of nitrogens with one attached hydrogen (secondary N) is 1. The average molecular weight is 346 g/mol. The molecule has 0 bridgehead atoms. The highest BCUT2D eigenvalue weighted by molar-refractivity contribution is 7.99. The van der Waals surface area contributed by atoms with E-state index in [1.54, 1.807) is 4.68 Å². The van der Waals surface area contributed by atoms with Crippen molar-refractivity contribution in [1.29, 1.82) is 0 Å². The number of thioether (sulfide) groups is 1. The number of para-hydroxylation sites is 1. The highest BCUT2D eigenvalue weighted by atomic mass is 32.2. The topological polar surface area (TPSA) is 90.0 Å². The number of nitrogens with zero attached hydrogens (tertiary/aromatic N) is 2. The molecule has 128 valence electrons. The number of rotatable bonds is 7. The Labute approximate surface area is 145 Å². The van der Waals surface area contributed by atoms with Crippen LogP contribution in [0.15, 0.2) is 35.2 Å². The summed E-state index contributed by atoms with van der Waals surface area (Å²) >= 11 is 1.49. The van der Waals surface area contributed by atoms with Gasteiger partial charge >= 0.3 is 0 Å². The van der Waals surface area contributed by atoms with Crippen molar-refractivity contribution in [2.75, 3.05) is 11.1 Å². The van der Waals surface area contributed by atoms with E-state index in [1.807, 2.05) is 51.1 Å². The van der Waals surface area contributed by atoms with Gasteiger partial charge in [-0.15, -0.1) is 11.8 Å². The normalized spacial score (nSPS) is 12.0. The smallest absolute Gasteiger partial charge is 0.248 e. The lowest BCUT2D eigenvalue weighted by atomic mass is 10.2.